The second-order valence-electron chi connectivity index (χ2n) is 3.65. The smallest absolute Gasteiger partial charge is 0.375 e. The predicted molar refractivity (Wildman–Crippen MR) is 64.1 cm³/mol. The van der Waals surface area contributed by atoms with Crippen molar-refractivity contribution >= 4 is 10.1 Å². The third-order valence-corrected chi connectivity index (χ3v) is 3.23. The van der Waals surface area contributed by atoms with Crippen LogP contribution in [0.5, 0.6) is 5.75 Å². The van der Waals surface area contributed by atoms with Gasteiger partial charge in [0.05, 0.1) is 5.56 Å². The highest BCUT2D eigenvalue weighted by Crippen LogP contribution is 2.33. The number of pyridine rings is 1. The fourth-order valence-electron chi connectivity index (χ4n) is 1.39. The van der Waals surface area contributed by atoms with Crippen molar-refractivity contribution in [2.24, 2.45) is 0 Å². The largest absolute Gasteiger partial charge is 0.534 e. The molecule has 20 heavy (non-hydrogen) atoms. The van der Waals surface area contributed by atoms with Gasteiger partial charge in [-0.2, -0.15) is 21.6 Å². The second-order valence-corrected chi connectivity index (χ2v) is 5.18. The number of nitrogens with zero attached hydrogens (tertiary/aromatic N) is 1. The molecule has 0 aliphatic heterocycles. The van der Waals surface area contributed by atoms with Crippen LogP contribution in [0.1, 0.15) is 0 Å². The molecule has 0 atom stereocenters. The first-order valence-electron chi connectivity index (χ1n) is 5.24. The van der Waals surface area contributed by atoms with Gasteiger partial charge in [0, 0.05) is 12.3 Å². The van der Waals surface area contributed by atoms with Gasteiger partial charge in [-0.25, -0.2) is 0 Å². The van der Waals surface area contributed by atoms with Crippen molar-refractivity contribution in [1.82, 2.24) is 4.98 Å². The molecule has 0 aliphatic carbocycles. The molecule has 8 heteroatoms. The summed E-state index contributed by atoms with van der Waals surface area (Å²) >= 11 is 0. The minimum absolute atomic E-state index is 0.0286. The number of hydrogen-bond acceptors (Lipinski definition) is 4. The lowest BCUT2D eigenvalue weighted by Gasteiger charge is -2.12. The highest BCUT2D eigenvalue weighted by atomic mass is 32.2. The third-order valence-electron chi connectivity index (χ3n) is 2.27. The lowest BCUT2D eigenvalue weighted by atomic mass is 10.1. The van der Waals surface area contributed by atoms with E-state index in [0.29, 0.717) is 5.56 Å². The molecule has 2 aromatic rings. The van der Waals surface area contributed by atoms with Crippen LogP contribution >= 0.6 is 0 Å². The minimum atomic E-state index is -5.73. The molecule has 0 saturated carbocycles. The zero-order chi connectivity index (χ0) is 14.8. The molecule has 1 aromatic carbocycles. The normalized spacial score (nSPS) is 12.2. The molecule has 2 rings (SSSR count). The van der Waals surface area contributed by atoms with E-state index in [0.717, 1.165) is 12.3 Å². The Morgan fingerprint density at radius 1 is 1.10 bits per heavy atom. The molecule has 0 aliphatic rings. The Bertz CT molecular complexity index is 699. The molecule has 4 nitrogen and oxygen atoms in total. The summed E-state index contributed by atoms with van der Waals surface area (Å²) in [5, 5.41) is 0. The molecule has 0 fully saturated rings. The van der Waals surface area contributed by atoms with Gasteiger partial charge in [-0.15, -0.1) is 0 Å². The monoisotopic (exact) mass is 302 g/mol. The van der Waals surface area contributed by atoms with Crippen LogP contribution in [0.15, 0.2) is 42.6 Å². The van der Waals surface area contributed by atoms with Gasteiger partial charge in [-0.05, 0) is 5.56 Å². The second kappa shape index (κ2) is 5.12. The van der Waals surface area contributed by atoms with E-state index in [4.69, 9.17) is 0 Å². The SMILES string of the molecule is O=S(=O)(Oc1ccn[c]c1-c1ccccc1)C(F)(F)F. The molecular formula is C12H7F3NO3S. The average Bonchev–Trinajstić information content (AvgIpc) is 2.38. The number of rotatable bonds is 3. The molecular weight excluding hydrogens is 295 g/mol. The van der Waals surface area contributed by atoms with Crippen LogP contribution in [0.4, 0.5) is 13.2 Å². The summed E-state index contributed by atoms with van der Waals surface area (Å²) < 4.78 is 63.1. The maximum atomic E-state index is 12.3. The van der Waals surface area contributed by atoms with Crippen molar-refractivity contribution in [3.8, 4) is 16.9 Å². The Morgan fingerprint density at radius 2 is 1.75 bits per heavy atom. The predicted octanol–water partition coefficient (Wildman–Crippen LogP) is 2.78. The third kappa shape index (κ3) is 2.90. The van der Waals surface area contributed by atoms with Gasteiger partial charge in [0.2, 0.25) is 0 Å². The maximum Gasteiger partial charge on any atom is 0.534 e. The molecule has 0 bridgehead atoms. The standard InChI is InChI=1S/C12H7F3NO3S/c13-12(14,15)20(17,18)19-11-6-7-16-8-10(11)9-4-2-1-3-5-9/h1-7H. The summed E-state index contributed by atoms with van der Waals surface area (Å²) in [5.41, 5.74) is -5.03. The molecule has 0 saturated heterocycles. The summed E-state index contributed by atoms with van der Waals surface area (Å²) in [7, 11) is -5.73. The van der Waals surface area contributed by atoms with Crippen molar-refractivity contribution in [2.75, 3.05) is 0 Å². The number of alkyl halides is 3. The minimum Gasteiger partial charge on any atom is -0.375 e. The summed E-state index contributed by atoms with van der Waals surface area (Å²) in [6.45, 7) is 0. The molecule has 105 valence electrons. The zero-order valence-electron chi connectivity index (χ0n) is 9.76. The Morgan fingerprint density at radius 3 is 2.35 bits per heavy atom. The lowest BCUT2D eigenvalue weighted by molar-refractivity contribution is -0.0499. The Hall–Kier alpha value is -2.09. The van der Waals surface area contributed by atoms with E-state index in [1.54, 1.807) is 30.3 Å². The van der Waals surface area contributed by atoms with Gasteiger partial charge in [0.1, 0.15) is 6.20 Å². The first kappa shape index (κ1) is 14.3. The van der Waals surface area contributed by atoms with E-state index < -0.39 is 21.4 Å². The van der Waals surface area contributed by atoms with Gasteiger partial charge < -0.3 is 4.18 Å². The van der Waals surface area contributed by atoms with E-state index in [1.807, 2.05) is 0 Å². The Labute approximate surface area is 113 Å². The van der Waals surface area contributed by atoms with Gasteiger partial charge in [-0.1, -0.05) is 30.3 Å². The molecule has 1 radical (unpaired) electrons. The van der Waals surface area contributed by atoms with E-state index in [1.165, 1.54) is 0 Å². The number of benzene rings is 1. The fraction of sp³-hybridized carbons (Fsp3) is 0.0833. The van der Waals surface area contributed by atoms with E-state index in [2.05, 4.69) is 15.4 Å². The maximum absolute atomic E-state index is 12.3. The van der Waals surface area contributed by atoms with Crippen LogP contribution in [-0.2, 0) is 10.1 Å². The molecule has 1 heterocycles. The van der Waals surface area contributed by atoms with Crippen LogP contribution < -0.4 is 4.18 Å². The van der Waals surface area contributed by atoms with Crippen molar-refractivity contribution in [3.05, 3.63) is 48.8 Å². The van der Waals surface area contributed by atoms with Crippen LogP contribution in [0.25, 0.3) is 11.1 Å². The molecule has 0 spiro atoms. The van der Waals surface area contributed by atoms with Crippen molar-refractivity contribution in [2.45, 2.75) is 5.51 Å². The van der Waals surface area contributed by atoms with Crippen LogP contribution in [0, 0.1) is 6.20 Å². The Kier molecular flexibility index (Phi) is 3.67. The summed E-state index contributed by atoms with van der Waals surface area (Å²) in [4.78, 5) is 3.63. The van der Waals surface area contributed by atoms with Crippen LogP contribution in [0.2, 0.25) is 0 Å². The summed E-state index contributed by atoms with van der Waals surface area (Å²) in [6.07, 6.45) is 3.51. The first-order chi connectivity index (χ1) is 9.31. The van der Waals surface area contributed by atoms with E-state index in [-0.39, 0.29) is 5.56 Å². The number of hydrogen-bond donors (Lipinski definition) is 0. The molecule has 0 unspecified atom stereocenters. The first-order valence-corrected chi connectivity index (χ1v) is 6.65. The highest BCUT2D eigenvalue weighted by molar-refractivity contribution is 7.88. The lowest BCUT2D eigenvalue weighted by Crippen LogP contribution is -2.28. The van der Waals surface area contributed by atoms with E-state index >= 15 is 0 Å². The van der Waals surface area contributed by atoms with Crippen LogP contribution in [-0.4, -0.2) is 18.9 Å². The number of halogens is 3. The summed E-state index contributed by atoms with van der Waals surface area (Å²) in [5.74, 6) is -0.483. The topological polar surface area (TPSA) is 56.3 Å². The molecule has 0 amide bonds. The van der Waals surface area contributed by atoms with Crippen LogP contribution in [0.3, 0.4) is 0 Å². The molecule has 1 aromatic heterocycles. The quantitative estimate of drug-likeness (QED) is 0.646. The fourth-order valence-corrected chi connectivity index (χ4v) is 1.86. The van der Waals surface area contributed by atoms with Gasteiger partial charge in [0.15, 0.2) is 5.75 Å². The Balaban J connectivity index is 2.45. The van der Waals surface area contributed by atoms with E-state index in [9.17, 15) is 21.6 Å². The van der Waals surface area contributed by atoms with Gasteiger partial charge >= 0.3 is 15.6 Å². The summed E-state index contributed by atoms with van der Waals surface area (Å²) in [6, 6.07) is 9.15. The zero-order valence-corrected chi connectivity index (χ0v) is 10.6. The number of aromatic nitrogens is 1. The van der Waals surface area contributed by atoms with Crippen molar-refractivity contribution < 1.29 is 25.8 Å². The van der Waals surface area contributed by atoms with Gasteiger partial charge in [0.25, 0.3) is 0 Å². The van der Waals surface area contributed by atoms with Gasteiger partial charge in [-0.3, -0.25) is 4.98 Å². The average molecular weight is 302 g/mol. The van der Waals surface area contributed by atoms with Crippen molar-refractivity contribution in [1.29, 1.82) is 0 Å². The van der Waals surface area contributed by atoms with Crippen molar-refractivity contribution in [3.63, 3.8) is 0 Å². The molecule has 0 N–H and O–H groups in total. The highest BCUT2D eigenvalue weighted by Gasteiger charge is 2.48.